The van der Waals surface area contributed by atoms with Gasteiger partial charge in [-0.05, 0) is 6.66 Å². The summed E-state index contributed by atoms with van der Waals surface area (Å²) in [6.45, 7) is 2.63. The summed E-state index contributed by atoms with van der Waals surface area (Å²) >= 11 is 0. The van der Waals surface area contributed by atoms with Crippen LogP contribution < -0.4 is 5.90 Å². The van der Waals surface area contributed by atoms with E-state index in [1.165, 1.54) is 0 Å². The zero-order valence-corrected chi connectivity index (χ0v) is 6.15. The minimum absolute atomic E-state index is 0.289. The van der Waals surface area contributed by atoms with Gasteiger partial charge in [0.1, 0.15) is 0 Å². The maximum absolute atomic E-state index is 4.98. The molecule has 0 heterocycles. The third-order valence-corrected chi connectivity index (χ3v) is 2.27. The Balaban J connectivity index is 2.86. The molecule has 1 unspecified atom stereocenters. The first-order valence-electron chi connectivity index (χ1n) is 2.38. The number of hydrogen-bond acceptors (Lipinski definition) is 3. The Morgan fingerprint density at radius 1 is 1.62 bits per heavy atom. The molecule has 0 radical (unpaired) electrons. The van der Waals surface area contributed by atoms with Crippen molar-refractivity contribution in [1.29, 1.82) is 0 Å². The zero-order valence-electron chi connectivity index (χ0n) is 5.26. The first kappa shape index (κ1) is 8.31. The maximum atomic E-state index is 4.98. The van der Waals surface area contributed by atoms with Gasteiger partial charge in [-0.25, -0.2) is 5.90 Å². The lowest BCUT2D eigenvalue weighted by atomic mass is 10.9. The van der Waals surface area contributed by atoms with E-state index in [9.17, 15) is 0 Å². The minimum Gasteiger partial charge on any atom is -0.363 e. The second-order valence-corrected chi connectivity index (χ2v) is 3.47. The predicted octanol–water partition coefficient (Wildman–Crippen LogP) is 0.550. The molecular weight excluding hydrogens is 125 g/mol. The molecular formula is C4H12NO2P. The van der Waals surface area contributed by atoms with E-state index >= 15 is 0 Å². The summed E-state index contributed by atoms with van der Waals surface area (Å²) in [5, 5.41) is 0. The highest BCUT2D eigenvalue weighted by atomic mass is 31.1. The topological polar surface area (TPSA) is 44.5 Å². The summed E-state index contributed by atoms with van der Waals surface area (Å²) in [6, 6.07) is 0. The molecule has 4 heteroatoms. The van der Waals surface area contributed by atoms with Crippen LogP contribution in [0, 0.1) is 0 Å². The third-order valence-electron chi connectivity index (χ3n) is 0.836. The quantitative estimate of drug-likeness (QED) is 0.454. The van der Waals surface area contributed by atoms with Gasteiger partial charge < -0.3 is 9.36 Å². The Morgan fingerprint density at radius 2 is 2.25 bits per heavy atom. The van der Waals surface area contributed by atoms with Crippen molar-refractivity contribution < 1.29 is 9.36 Å². The van der Waals surface area contributed by atoms with E-state index in [1.54, 1.807) is 7.11 Å². The fraction of sp³-hybridized carbons (Fsp3) is 1.00. The van der Waals surface area contributed by atoms with Crippen LogP contribution in [0.3, 0.4) is 0 Å². The molecule has 3 nitrogen and oxygen atoms in total. The highest BCUT2D eigenvalue weighted by Crippen LogP contribution is 2.28. The van der Waals surface area contributed by atoms with Gasteiger partial charge in [0.15, 0.2) is 0 Å². The van der Waals surface area contributed by atoms with Gasteiger partial charge >= 0.3 is 0 Å². The summed E-state index contributed by atoms with van der Waals surface area (Å²) in [4.78, 5) is 4.35. The molecule has 0 spiro atoms. The lowest BCUT2D eigenvalue weighted by Crippen LogP contribution is -2.04. The summed E-state index contributed by atoms with van der Waals surface area (Å²) < 4.78 is 4.98. The minimum atomic E-state index is -0.289. The molecule has 50 valence electrons. The van der Waals surface area contributed by atoms with E-state index in [0.717, 1.165) is 6.16 Å². The van der Waals surface area contributed by atoms with E-state index in [0.29, 0.717) is 6.61 Å². The third kappa shape index (κ3) is 4.47. The molecule has 0 aliphatic rings. The Labute approximate surface area is 50.9 Å². The van der Waals surface area contributed by atoms with Gasteiger partial charge in [0.2, 0.25) is 0 Å². The second kappa shape index (κ2) is 5.45. The molecule has 0 saturated heterocycles. The first-order valence-corrected chi connectivity index (χ1v) is 4.27. The summed E-state index contributed by atoms with van der Waals surface area (Å²) in [5.74, 6) is 4.79. The van der Waals surface area contributed by atoms with Crippen molar-refractivity contribution in [3.8, 4) is 0 Å². The molecule has 0 fully saturated rings. The van der Waals surface area contributed by atoms with Gasteiger partial charge in [-0.3, -0.25) is 0 Å². The normalized spacial score (nSPS) is 13.9. The number of nitrogens with two attached hydrogens (primary N) is 1. The fourth-order valence-electron chi connectivity index (χ4n) is 0.273. The van der Waals surface area contributed by atoms with Crippen molar-refractivity contribution in [2.24, 2.45) is 5.90 Å². The Kier molecular flexibility index (Phi) is 5.66. The summed E-state index contributed by atoms with van der Waals surface area (Å²) in [5.41, 5.74) is 0. The molecule has 0 aromatic rings. The van der Waals surface area contributed by atoms with Crippen LogP contribution >= 0.6 is 8.15 Å². The molecule has 8 heavy (non-hydrogen) atoms. The molecule has 0 saturated carbocycles. The average molecular weight is 137 g/mol. The van der Waals surface area contributed by atoms with Gasteiger partial charge in [-0.15, -0.1) is 0 Å². The number of rotatable bonds is 4. The van der Waals surface area contributed by atoms with Crippen LogP contribution in [0.5, 0.6) is 0 Å². The molecule has 2 N–H and O–H groups in total. The van der Waals surface area contributed by atoms with Gasteiger partial charge in [0.25, 0.3) is 0 Å². The lowest BCUT2D eigenvalue weighted by molar-refractivity contribution is 0.153. The standard InChI is InChI=1S/C4H12NO2P/c1-6-8(2)4-3-7-5/h3-5H2,1-2H3. The number of hydrogen-bond donors (Lipinski definition) is 1. The highest BCUT2D eigenvalue weighted by Gasteiger charge is 1.95. The highest BCUT2D eigenvalue weighted by molar-refractivity contribution is 7.51. The monoisotopic (exact) mass is 137 g/mol. The van der Waals surface area contributed by atoms with Crippen LogP contribution in [0.2, 0.25) is 0 Å². The van der Waals surface area contributed by atoms with E-state index in [-0.39, 0.29) is 8.15 Å². The molecule has 0 aromatic heterocycles. The van der Waals surface area contributed by atoms with Gasteiger partial charge in [0, 0.05) is 21.4 Å². The molecule has 0 bridgehead atoms. The van der Waals surface area contributed by atoms with Crippen LogP contribution in [0.1, 0.15) is 0 Å². The van der Waals surface area contributed by atoms with E-state index < -0.39 is 0 Å². The SMILES string of the molecule is COP(C)CCON. The smallest absolute Gasteiger partial charge is 0.0739 e. The average Bonchev–Trinajstić information content (AvgIpc) is 1.83. The largest absolute Gasteiger partial charge is 0.363 e. The summed E-state index contributed by atoms with van der Waals surface area (Å²) in [6.07, 6.45) is 0.919. The van der Waals surface area contributed by atoms with Crippen molar-refractivity contribution in [2.75, 3.05) is 26.5 Å². The lowest BCUT2D eigenvalue weighted by Gasteiger charge is -2.05. The van der Waals surface area contributed by atoms with Gasteiger partial charge in [-0.2, -0.15) is 0 Å². The van der Waals surface area contributed by atoms with Gasteiger partial charge in [0.05, 0.1) is 6.61 Å². The van der Waals surface area contributed by atoms with Crippen LogP contribution in [-0.4, -0.2) is 26.5 Å². The molecule has 0 rings (SSSR count). The zero-order chi connectivity index (χ0) is 6.41. The van der Waals surface area contributed by atoms with Crippen molar-refractivity contribution >= 4 is 8.15 Å². The molecule has 0 amide bonds. The van der Waals surface area contributed by atoms with Crippen molar-refractivity contribution in [1.82, 2.24) is 0 Å². The molecule has 0 aliphatic carbocycles. The second-order valence-electron chi connectivity index (χ2n) is 1.40. The van der Waals surface area contributed by atoms with Crippen molar-refractivity contribution in [3.63, 3.8) is 0 Å². The van der Waals surface area contributed by atoms with Crippen LogP contribution in [0.4, 0.5) is 0 Å². The van der Waals surface area contributed by atoms with Crippen LogP contribution in [-0.2, 0) is 9.36 Å². The van der Waals surface area contributed by atoms with Crippen molar-refractivity contribution in [2.45, 2.75) is 0 Å². The maximum Gasteiger partial charge on any atom is 0.0739 e. The molecule has 0 aliphatic heterocycles. The Morgan fingerprint density at radius 3 is 2.62 bits per heavy atom. The van der Waals surface area contributed by atoms with Crippen LogP contribution in [0.15, 0.2) is 0 Å². The van der Waals surface area contributed by atoms with E-state index in [2.05, 4.69) is 4.84 Å². The molecule has 0 aromatic carbocycles. The van der Waals surface area contributed by atoms with Gasteiger partial charge in [-0.1, -0.05) is 0 Å². The Bertz CT molecular complexity index is 53.3. The van der Waals surface area contributed by atoms with E-state index in [4.69, 9.17) is 10.4 Å². The van der Waals surface area contributed by atoms with Crippen molar-refractivity contribution in [3.05, 3.63) is 0 Å². The Hall–Kier alpha value is 0.310. The van der Waals surface area contributed by atoms with E-state index in [1.807, 2.05) is 6.66 Å². The fourth-order valence-corrected chi connectivity index (χ4v) is 0.818. The molecule has 1 atom stereocenters. The summed E-state index contributed by atoms with van der Waals surface area (Å²) in [7, 11) is 1.41. The predicted molar refractivity (Wildman–Crippen MR) is 34.9 cm³/mol. The first-order chi connectivity index (χ1) is 3.81. The van der Waals surface area contributed by atoms with Crippen LogP contribution in [0.25, 0.3) is 0 Å².